The SMILES string of the molecule is CCC1COCCN1C(=O)NCCCCCCC(=O)O. The summed E-state index contributed by atoms with van der Waals surface area (Å²) in [6.07, 6.45) is 4.60. The van der Waals surface area contributed by atoms with Crippen molar-refractivity contribution < 1.29 is 19.4 Å². The smallest absolute Gasteiger partial charge is 0.317 e. The number of rotatable bonds is 8. The van der Waals surface area contributed by atoms with Crippen LogP contribution in [0.3, 0.4) is 0 Å². The molecule has 2 N–H and O–H groups in total. The van der Waals surface area contributed by atoms with E-state index in [1.54, 1.807) is 0 Å². The molecule has 2 amide bonds. The minimum Gasteiger partial charge on any atom is -0.481 e. The molecule has 0 radical (unpaired) electrons. The van der Waals surface area contributed by atoms with Gasteiger partial charge in [0.2, 0.25) is 0 Å². The predicted molar refractivity (Wildman–Crippen MR) is 75.7 cm³/mol. The molecule has 1 atom stereocenters. The van der Waals surface area contributed by atoms with Gasteiger partial charge in [0, 0.05) is 19.5 Å². The van der Waals surface area contributed by atoms with Crippen molar-refractivity contribution in [3.8, 4) is 0 Å². The number of carboxylic acid groups (broad SMARTS) is 1. The number of carbonyl (C=O) groups is 2. The van der Waals surface area contributed by atoms with Crippen molar-refractivity contribution in [2.24, 2.45) is 0 Å². The molecule has 1 rings (SSSR count). The van der Waals surface area contributed by atoms with E-state index >= 15 is 0 Å². The Balaban J connectivity index is 2.08. The largest absolute Gasteiger partial charge is 0.481 e. The number of morpholine rings is 1. The number of carboxylic acids is 1. The fourth-order valence-electron chi connectivity index (χ4n) is 2.31. The summed E-state index contributed by atoms with van der Waals surface area (Å²) >= 11 is 0. The van der Waals surface area contributed by atoms with Gasteiger partial charge in [-0.25, -0.2) is 4.79 Å². The molecule has 0 aromatic heterocycles. The third kappa shape index (κ3) is 6.23. The van der Waals surface area contributed by atoms with Gasteiger partial charge in [-0.05, 0) is 19.3 Å². The maximum atomic E-state index is 12.0. The highest BCUT2D eigenvalue weighted by molar-refractivity contribution is 5.74. The number of urea groups is 1. The van der Waals surface area contributed by atoms with Crippen LogP contribution < -0.4 is 5.32 Å². The molecule has 0 bridgehead atoms. The fraction of sp³-hybridized carbons (Fsp3) is 0.857. The van der Waals surface area contributed by atoms with E-state index in [0.29, 0.717) is 32.7 Å². The maximum absolute atomic E-state index is 12.0. The average Bonchev–Trinajstić information content (AvgIpc) is 2.45. The molecule has 0 saturated carbocycles. The summed E-state index contributed by atoms with van der Waals surface area (Å²) in [7, 11) is 0. The molecule has 6 heteroatoms. The van der Waals surface area contributed by atoms with Crippen LogP contribution in [0.4, 0.5) is 4.79 Å². The lowest BCUT2D eigenvalue weighted by Crippen LogP contribution is -2.52. The minimum absolute atomic E-state index is 0.00862. The van der Waals surface area contributed by atoms with Crippen molar-refractivity contribution in [3.05, 3.63) is 0 Å². The van der Waals surface area contributed by atoms with E-state index in [-0.39, 0.29) is 18.5 Å². The number of hydrogen-bond donors (Lipinski definition) is 2. The first-order chi connectivity index (χ1) is 9.65. The molecule has 6 nitrogen and oxygen atoms in total. The Morgan fingerprint density at radius 1 is 1.30 bits per heavy atom. The van der Waals surface area contributed by atoms with Crippen molar-refractivity contribution in [3.63, 3.8) is 0 Å². The third-order valence-electron chi connectivity index (χ3n) is 3.55. The van der Waals surface area contributed by atoms with Crippen molar-refractivity contribution in [1.82, 2.24) is 10.2 Å². The van der Waals surface area contributed by atoms with Gasteiger partial charge in [0.25, 0.3) is 0 Å². The molecule has 1 aliphatic rings. The molecular weight excluding hydrogens is 260 g/mol. The molecule has 116 valence electrons. The first-order valence-electron chi connectivity index (χ1n) is 7.49. The lowest BCUT2D eigenvalue weighted by atomic mass is 10.1. The summed E-state index contributed by atoms with van der Waals surface area (Å²) in [4.78, 5) is 24.2. The number of amides is 2. The Kier molecular flexibility index (Phi) is 8.02. The van der Waals surface area contributed by atoms with Gasteiger partial charge in [0.1, 0.15) is 0 Å². The Hall–Kier alpha value is -1.30. The lowest BCUT2D eigenvalue weighted by molar-refractivity contribution is -0.137. The van der Waals surface area contributed by atoms with E-state index in [1.165, 1.54) is 0 Å². The lowest BCUT2D eigenvalue weighted by Gasteiger charge is -2.35. The molecule has 1 fully saturated rings. The van der Waals surface area contributed by atoms with Gasteiger partial charge in [-0.3, -0.25) is 4.79 Å². The Labute approximate surface area is 120 Å². The van der Waals surface area contributed by atoms with Crippen LogP contribution in [0.1, 0.15) is 45.4 Å². The van der Waals surface area contributed by atoms with Gasteiger partial charge >= 0.3 is 12.0 Å². The molecule has 0 aromatic rings. The molecule has 0 aliphatic carbocycles. The second kappa shape index (κ2) is 9.58. The second-order valence-corrected chi connectivity index (χ2v) is 5.12. The summed E-state index contributed by atoms with van der Waals surface area (Å²) < 4.78 is 5.37. The quantitative estimate of drug-likeness (QED) is 0.667. The molecular formula is C14H26N2O4. The van der Waals surface area contributed by atoms with E-state index < -0.39 is 5.97 Å². The molecule has 1 saturated heterocycles. The van der Waals surface area contributed by atoms with E-state index in [4.69, 9.17) is 9.84 Å². The van der Waals surface area contributed by atoms with E-state index in [9.17, 15) is 9.59 Å². The summed E-state index contributed by atoms with van der Waals surface area (Å²) in [5, 5.41) is 11.4. The third-order valence-corrected chi connectivity index (χ3v) is 3.55. The first-order valence-corrected chi connectivity index (χ1v) is 7.49. The van der Waals surface area contributed by atoms with Crippen LogP contribution in [0.5, 0.6) is 0 Å². The molecule has 1 aliphatic heterocycles. The molecule has 0 aromatic carbocycles. The van der Waals surface area contributed by atoms with Gasteiger partial charge < -0.3 is 20.1 Å². The predicted octanol–water partition coefficient (Wildman–Crippen LogP) is 1.84. The molecule has 1 unspecified atom stereocenters. The maximum Gasteiger partial charge on any atom is 0.317 e. The number of nitrogens with one attached hydrogen (secondary N) is 1. The number of ether oxygens (including phenoxy) is 1. The van der Waals surface area contributed by atoms with Gasteiger partial charge in [-0.1, -0.05) is 19.8 Å². The average molecular weight is 286 g/mol. The minimum atomic E-state index is -0.740. The van der Waals surface area contributed by atoms with Gasteiger partial charge in [0.15, 0.2) is 0 Å². The monoisotopic (exact) mass is 286 g/mol. The zero-order valence-electron chi connectivity index (χ0n) is 12.3. The van der Waals surface area contributed by atoms with Gasteiger partial charge in [-0.2, -0.15) is 0 Å². The van der Waals surface area contributed by atoms with Crippen LogP contribution in [-0.2, 0) is 9.53 Å². The molecule has 20 heavy (non-hydrogen) atoms. The van der Waals surface area contributed by atoms with Crippen LogP contribution in [0.25, 0.3) is 0 Å². The van der Waals surface area contributed by atoms with Crippen molar-refractivity contribution in [2.45, 2.75) is 51.5 Å². The highest BCUT2D eigenvalue weighted by atomic mass is 16.5. The fourth-order valence-corrected chi connectivity index (χ4v) is 2.31. The van der Waals surface area contributed by atoms with Crippen LogP contribution in [0.15, 0.2) is 0 Å². The Morgan fingerprint density at radius 2 is 2.05 bits per heavy atom. The highest BCUT2D eigenvalue weighted by Crippen LogP contribution is 2.10. The van der Waals surface area contributed by atoms with E-state index in [2.05, 4.69) is 12.2 Å². The second-order valence-electron chi connectivity index (χ2n) is 5.12. The molecule has 0 spiro atoms. The standard InChI is InChI=1S/C14H26N2O4/c1-2-12-11-20-10-9-16(12)14(19)15-8-6-4-3-5-7-13(17)18/h12H,2-11H2,1H3,(H,15,19)(H,17,18). The highest BCUT2D eigenvalue weighted by Gasteiger charge is 2.25. The number of hydrogen-bond acceptors (Lipinski definition) is 3. The van der Waals surface area contributed by atoms with Crippen LogP contribution in [0, 0.1) is 0 Å². The number of carbonyl (C=O) groups excluding carboxylic acids is 1. The van der Waals surface area contributed by atoms with Crippen molar-refractivity contribution in [2.75, 3.05) is 26.3 Å². The first kappa shape index (κ1) is 16.8. The van der Waals surface area contributed by atoms with Gasteiger partial charge in [0.05, 0.1) is 19.3 Å². The molecule has 1 heterocycles. The summed E-state index contributed by atoms with van der Waals surface area (Å²) in [6.45, 7) is 4.60. The van der Waals surface area contributed by atoms with Crippen LogP contribution in [-0.4, -0.2) is 54.4 Å². The zero-order valence-corrected chi connectivity index (χ0v) is 12.3. The Bertz CT molecular complexity index is 310. The van der Waals surface area contributed by atoms with Crippen molar-refractivity contribution in [1.29, 1.82) is 0 Å². The topological polar surface area (TPSA) is 78.9 Å². The van der Waals surface area contributed by atoms with Crippen molar-refractivity contribution >= 4 is 12.0 Å². The number of nitrogens with zero attached hydrogens (tertiary/aromatic N) is 1. The van der Waals surface area contributed by atoms with Crippen LogP contribution in [0.2, 0.25) is 0 Å². The summed E-state index contributed by atoms with van der Waals surface area (Å²) in [5.41, 5.74) is 0. The van der Waals surface area contributed by atoms with E-state index in [0.717, 1.165) is 25.7 Å². The number of aliphatic carboxylic acids is 1. The normalized spacial score (nSPS) is 18.9. The summed E-state index contributed by atoms with van der Waals surface area (Å²) in [6, 6.07) is 0.171. The summed E-state index contributed by atoms with van der Waals surface area (Å²) in [5.74, 6) is -0.740. The van der Waals surface area contributed by atoms with Gasteiger partial charge in [-0.15, -0.1) is 0 Å². The zero-order chi connectivity index (χ0) is 14.8. The number of unbranched alkanes of at least 4 members (excludes halogenated alkanes) is 3. The van der Waals surface area contributed by atoms with Crippen LogP contribution >= 0.6 is 0 Å². The van der Waals surface area contributed by atoms with E-state index in [1.807, 2.05) is 4.90 Å². The Morgan fingerprint density at radius 3 is 2.75 bits per heavy atom.